The van der Waals surface area contributed by atoms with Crippen molar-refractivity contribution in [3.63, 3.8) is 0 Å². The van der Waals surface area contributed by atoms with E-state index in [2.05, 4.69) is 9.82 Å². The number of nitrogens with zero attached hydrogens (tertiary/aromatic N) is 2. The van der Waals surface area contributed by atoms with E-state index >= 15 is 0 Å². The smallest absolute Gasteiger partial charge is 0.240 e. The monoisotopic (exact) mass is 365 g/mol. The second-order valence-electron chi connectivity index (χ2n) is 5.28. The number of thiophene rings is 1. The highest BCUT2D eigenvalue weighted by Gasteiger charge is 2.21. The summed E-state index contributed by atoms with van der Waals surface area (Å²) in [5.74, 6) is -0.459. The molecule has 0 bridgehead atoms. The Morgan fingerprint density at radius 3 is 2.79 bits per heavy atom. The molecule has 126 valence electrons. The lowest BCUT2D eigenvalue weighted by Crippen LogP contribution is -2.31. The predicted octanol–water partition coefficient (Wildman–Crippen LogP) is 2.96. The van der Waals surface area contributed by atoms with Crippen molar-refractivity contribution in [1.82, 2.24) is 14.5 Å². The summed E-state index contributed by atoms with van der Waals surface area (Å²) in [6.07, 6.45) is 3.45. The van der Waals surface area contributed by atoms with Crippen LogP contribution in [0.3, 0.4) is 0 Å². The highest BCUT2D eigenvalue weighted by molar-refractivity contribution is 7.89. The van der Waals surface area contributed by atoms with E-state index in [-0.39, 0.29) is 17.5 Å². The van der Waals surface area contributed by atoms with E-state index in [1.165, 1.54) is 23.5 Å². The molecule has 3 rings (SSSR count). The molecule has 2 heterocycles. The van der Waals surface area contributed by atoms with Gasteiger partial charge in [-0.05, 0) is 48.2 Å². The summed E-state index contributed by atoms with van der Waals surface area (Å²) in [5.41, 5.74) is 0.370. The lowest BCUT2D eigenvalue weighted by Gasteiger charge is -2.17. The number of rotatable bonds is 6. The summed E-state index contributed by atoms with van der Waals surface area (Å²) >= 11 is 1.54. The number of hydrogen-bond acceptors (Lipinski definition) is 4. The van der Waals surface area contributed by atoms with Crippen LogP contribution in [0.15, 0.2) is 59.1 Å². The molecular formula is C16H16FN3O2S2. The van der Waals surface area contributed by atoms with Gasteiger partial charge in [-0.15, -0.1) is 11.3 Å². The summed E-state index contributed by atoms with van der Waals surface area (Å²) in [4.78, 5) is 1.08. The molecule has 0 spiro atoms. The van der Waals surface area contributed by atoms with Crippen molar-refractivity contribution >= 4 is 21.4 Å². The molecule has 1 unspecified atom stereocenters. The number of benzene rings is 1. The van der Waals surface area contributed by atoms with E-state index in [4.69, 9.17) is 0 Å². The van der Waals surface area contributed by atoms with E-state index < -0.39 is 15.8 Å². The van der Waals surface area contributed by atoms with Gasteiger partial charge in [-0.1, -0.05) is 6.07 Å². The van der Waals surface area contributed by atoms with Crippen LogP contribution < -0.4 is 4.72 Å². The first kappa shape index (κ1) is 16.8. The van der Waals surface area contributed by atoms with Gasteiger partial charge in [0.1, 0.15) is 5.82 Å². The number of sulfonamides is 1. The second-order valence-corrected chi connectivity index (χ2v) is 7.99. The zero-order chi connectivity index (χ0) is 17.2. The third-order valence-corrected chi connectivity index (χ3v) is 6.17. The van der Waals surface area contributed by atoms with Crippen LogP contribution in [0.25, 0.3) is 0 Å². The van der Waals surface area contributed by atoms with E-state index in [1.807, 2.05) is 17.5 Å². The van der Waals surface area contributed by atoms with Gasteiger partial charge in [0.25, 0.3) is 0 Å². The topological polar surface area (TPSA) is 64.0 Å². The molecule has 0 aliphatic carbocycles. The fraction of sp³-hybridized carbons (Fsp3) is 0.188. The minimum absolute atomic E-state index is 0.0781. The quantitative estimate of drug-likeness (QED) is 0.730. The standard InChI is InChI=1S/C16H16FN3O2S2/c1-12-10-13(17)5-6-16(12)24(21,22)19-11-14(15-4-2-9-23-15)20-8-3-7-18-20/h2-10,14,19H,11H2,1H3. The van der Waals surface area contributed by atoms with Gasteiger partial charge in [0.2, 0.25) is 10.0 Å². The highest BCUT2D eigenvalue weighted by atomic mass is 32.2. The lowest BCUT2D eigenvalue weighted by atomic mass is 10.2. The maximum atomic E-state index is 13.2. The molecule has 1 atom stereocenters. The second kappa shape index (κ2) is 6.84. The molecule has 0 amide bonds. The number of hydrogen-bond donors (Lipinski definition) is 1. The van der Waals surface area contributed by atoms with Crippen LogP contribution in [-0.4, -0.2) is 24.7 Å². The van der Waals surface area contributed by atoms with Gasteiger partial charge in [-0.2, -0.15) is 5.10 Å². The van der Waals surface area contributed by atoms with E-state index in [0.29, 0.717) is 5.56 Å². The van der Waals surface area contributed by atoms with Gasteiger partial charge in [-0.25, -0.2) is 17.5 Å². The number of aromatic nitrogens is 2. The molecule has 0 radical (unpaired) electrons. The van der Waals surface area contributed by atoms with Crippen LogP contribution in [0.1, 0.15) is 16.5 Å². The van der Waals surface area contributed by atoms with Gasteiger partial charge in [-0.3, -0.25) is 4.68 Å². The average Bonchev–Trinajstić information content (AvgIpc) is 3.20. The first-order valence-corrected chi connectivity index (χ1v) is 9.62. The zero-order valence-electron chi connectivity index (χ0n) is 12.9. The zero-order valence-corrected chi connectivity index (χ0v) is 14.5. The fourth-order valence-corrected chi connectivity index (χ4v) is 4.53. The summed E-state index contributed by atoms with van der Waals surface area (Å²) in [5, 5.41) is 6.15. The van der Waals surface area contributed by atoms with Gasteiger partial charge in [0, 0.05) is 23.8 Å². The van der Waals surface area contributed by atoms with Gasteiger partial charge < -0.3 is 0 Å². The van der Waals surface area contributed by atoms with E-state index in [1.54, 1.807) is 30.1 Å². The van der Waals surface area contributed by atoms with Crippen LogP contribution in [0.4, 0.5) is 4.39 Å². The molecular weight excluding hydrogens is 349 g/mol. The molecule has 1 aromatic carbocycles. The number of halogens is 1. The highest BCUT2D eigenvalue weighted by Crippen LogP contribution is 2.23. The van der Waals surface area contributed by atoms with Crippen molar-refractivity contribution in [3.8, 4) is 0 Å². The minimum atomic E-state index is -3.74. The third kappa shape index (κ3) is 3.55. The minimum Gasteiger partial charge on any atom is -0.263 e. The molecule has 3 aromatic rings. The predicted molar refractivity (Wildman–Crippen MR) is 91.0 cm³/mol. The molecule has 24 heavy (non-hydrogen) atoms. The van der Waals surface area contributed by atoms with Crippen LogP contribution in [0.2, 0.25) is 0 Å². The van der Waals surface area contributed by atoms with Crippen molar-refractivity contribution in [2.45, 2.75) is 17.9 Å². The van der Waals surface area contributed by atoms with Crippen molar-refractivity contribution in [2.75, 3.05) is 6.54 Å². The Hall–Kier alpha value is -2.03. The van der Waals surface area contributed by atoms with Crippen LogP contribution in [0, 0.1) is 12.7 Å². The maximum absolute atomic E-state index is 13.2. The summed E-state index contributed by atoms with van der Waals surface area (Å²) in [7, 11) is -3.74. The Balaban J connectivity index is 1.84. The van der Waals surface area contributed by atoms with Crippen LogP contribution in [-0.2, 0) is 10.0 Å². The summed E-state index contributed by atoms with van der Waals surface area (Å²) in [6.45, 7) is 1.73. The number of nitrogens with one attached hydrogen (secondary N) is 1. The van der Waals surface area contributed by atoms with Crippen molar-refractivity contribution < 1.29 is 12.8 Å². The molecule has 0 aliphatic rings. The summed E-state index contributed by atoms with van der Waals surface area (Å²) < 4.78 is 42.6. The first-order valence-electron chi connectivity index (χ1n) is 7.26. The summed E-state index contributed by atoms with van der Waals surface area (Å²) in [6, 6.07) is 9.03. The molecule has 2 aromatic heterocycles. The van der Waals surface area contributed by atoms with Crippen LogP contribution in [0.5, 0.6) is 0 Å². The average molecular weight is 365 g/mol. The third-order valence-electron chi connectivity index (χ3n) is 3.61. The Morgan fingerprint density at radius 1 is 1.33 bits per heavy atom. The lowest BCUT2D eigenvalue weighted by molar-refractivity contribution is 0.511. The Bertz CT molecular complexity index is 873. The first-order chi connectivity index (χ1) is 11.5. The van der Waals surface area contributed by atoms with Crippen molar-refractivity contribution in [1.29, 1.82) is 0 Å². The van der Waals surface area contributed by atoms with Gasteiger partial charge in [0.15, 0.2) is 0 Å². The van der Waals surface area contributed by atoms with Gasteiger partial charge >= 0.3 is 0 Å². The van der Waals surface area contributed by atoms with Crippen molar-refractivity contribution in [3.05, 3.63) is 70.4 Å². The maximum Gasteiger partial charge on any atom is 0.240 e. The molecule has 0 aliphatic heterocycles. The molecule has 0 saturated heterocycles. The van der Waals surface area contributed by atoms with Crippen molar-refractivity contribution in [2.24, 2.45) is 0 Å². The molecule has 8 heteroatoms. The van der Waals surface area contributed by atoms with E-state index in [0.717, 1.165) is 10.9 Å². The Morgan fingerprint density at radius 2 is 2.17 bits per heavy atom. The molecule has 5 nitrogen and oxygen atoms in total. The fourth-order valence-electron chi connectivity index (χ4n) is 2.45. The Labute approximate surface area is 143 Å². The Kier molecular flexibility index (Phi) is 4.79. The normalized spacial score (nSPS) is 13.1. The molecule has 0 saturated carbocycles. The molecule has 0 fully saturated rings. The number of aryl methyl sites for hydroxylation is 1. The van der Waals surface area contributed by atoms with Crippen LogP contribution >= 0.6 is 11.3 Å². The van der Waals surface area contributed by atoms with E-state index in [9.17, 15) is 12.8 Å². The largest absolute Gasteiger partial charge is 0.263 e. The molecule has 1 N–H and O–H groups in total. The van der Waals surface area contributed by atoms with Gasteiger partial charge in [0.05, 0.1) is 10.9 Å². The SMILES string of the molecule is Cc1cc(F)ccc1S(=O)(=O)NCC(c1cccs1)n1cccn1.